The van der Waals surface area contributed by atoms with Crippen LogP contribution in [0.25, 0.3) is 0 Å². The summed E-state index contributed by atoms with van der Waals surface area (Å²) in [5, 5.41) is 0. The van der Waals surface area contributed by atoms with Crippen molar-refractivity contribution >= 4 is 19.8 Å². The molecule has 0 heterocycles. The van der Waals surface area contributed by atoms with Crippen molar-refractivity contribution in [2.75, 3.05) is 47.5 Å². The summed E-state index contributed by atoms with van der Waals surface area (Å²) in [7, 11) is 1.48. The molecule has 2 unspecified atom stereocenters. The van der Waals surface area contributed by atoms with Crippen molar-refractivity contribution in [1.29, 1.82) is 0 Å². The van der Waals surface area contributed by atoms with Gasteiger partial charge in [0, 0.05) is 12.8 Å². The SMILES string of the molecule is CC/C=C\C/C=C\C/C=C\C/C=C\C/C=C\C/C=C\C/C=C\C/C=C\CCCCCCCCCCCCCCC(=O)OC(COC(=O)CCCCCCCCCCCCCCCCC)COP(=O)(O)OCC[N+](C)(C)C. The van der Waals surface area contributed by atoms with Crippen molar-refractivity contribution in [3.8, 4) is 0 Å². The van der Waals surface area contributed by atoms with E-state index in [1.54, 1.807) is 0 Å². The van der Waals surface area contributed by atoms with Gasteiger partial charge in [-0.05, 0) is 77.0 Å². The van der Waals surface area contributed by atoms with E-state index in [1.165, 1.54) is 135 Å². The maximum absolute atomic E-state index is 12.8. The molecule has 0 aromatic carbocycles. The summed E-state index contributed by atoms with van der Waals surface area (Å²) in [5.74, 6) is -0.795. The normalized spacial score (nSPS) is 13.9. The van der Waals surface area contributed by atoms with Crippen LogP contribution in [0, 0.1) is 0 Å². The molecular weight excluding hydrogens is 966 g/mol. The number of carbonyl (C=O) groups is 2. The van der Waals surface area contributed by atoms with Crippen LogP contribution in [-0.2, 0) is 32.7 Å². The number of rotatable bonds is 56. The Labute approximate surface area is 468 Å². The molecule has 0 aliphatic carbocycles. The fraction of sp³-hybridized carbons (Fsp3) is 0.727. The summed E-state index contributed by atoms with van der Waals surface area (Å²) < 4.78 is 34.6. The average molecular weight is 1080 g/mol. The molecule has 0 fully saturated rings. The minimum atomic E-state index is -4.39. The summed E-state index contributed by atoms with van der Waals surface area (Å²) >= 11 is 0. The molecule has 1 N–H and O–H groups in total. The lowest BCUT2D eigenvalue weighted by Gasteiger charge is -2.24. The highest BCUT2D eigenvalue weighted by molar-refractivity contribution is 7.47. The highest BCUT2D eigenvalue weighted by Gasteiger charge is 2.27. The fourth-order valence-corrected chi connectivity index (χ4v) is 9.13. The van der Waals surface area contributed by atoms with Crippen molar-refractivity contribution in [1.82, 2.24) is 0 Å². The standard InChI is InChI=1S/C66H116NO8P/c1-6-8-10-12-14-16-18-20-22-23-24-25-26-27-28-29-30-31-32-33-34-35-36-37-38-39-40-41-42-43-45-47-49-51-53-55-57-59-66(69)75-64(63-74-76(70,71)73-61-60-67(3,4)5)62-72-65(68)58-56-54-52-50-48-46-44-21-19-17-15-13-11-9-7-2/h8,10,14,16,20,22,24-25,27-28,30-31,33-34,36-37,64H,6-7,9,11-13,15,17-19,21,23,26,29,32,35,38-63H2,1-5H3/p+1/b10-8-,16-14-,22-20-,25-24-,28-27-,31-30-,34-33-,37-36-. The van der Waals surface area contributed by atoms with E-state index >= 15 is 0 Å². The third kappa shape index (κ3) is 60.2. The fourth-order valence-electron chi connectivity index (χ4n) is 8.39. The van der Waals surface area contributed by atoms with E-state index in [2.05, 4.69) is 111 Å². The van der Waals surface area contributed by atoms with E-state index in [1.807, 2.05) is 21.1 Å². The first-order valence-corrected chi connectivity index (χ1v) is 32.5. The van der Waals surface area contributed by atoms with Gasteiger partial charge in [0.25, 0.3) is 0 Å². The van der Waals surface area contributed by atoms with E-state index < -0.39 is 26.5 Å². The number of unbranched alkanes of at least 4 members (excludes halogenated alkanes) is 26. The number of nitrogens with zero attached hydrogens (tertiary/aromatic N) is 1. The molecule has 0 saturated heterocycles. The van der Waals surface area contributed by atoms with Gasteiger partial charge in [-0.2, -0.15) is 0 Å². The zero-order valence-corrected chi connectivity index (χ0v) is 50.6. The van der Waals surface area contributed by atoms with Gasteiger partial charge in [-0.25, -0.2) is 4.57 Å². The zero-order chi connectivity index (χ0) is 55.6. The molecule has 0 aromatic rings. The topological polar surface area (TPSA) is 108 Å². The van der Waals surface area contributed by atoms with Crippen LogP contribution < -0.4 is 0 Å². The van der Waals surface area contributed by atoms with Gasteiger partial charge in [0.2, 0.25) is 0 Å². The first-order chi connectivity index (χ1) is 37.0. The molecule has 9 nitrogen and oxygen atoms in total. The van der Waals surface area contributed by atoms with Gasteiger partial charge in [-0.15, -0.1) is 0 Å². The Morgan fingerprint density at radius 2 is 0.750 bits per heavy atom. The Morgan fingerprint density at radius 1 is 0.421 bits per heavy atom. The first kappa shape index (κ1) is 72.9. The molecular formula is C66H117NO8P+. The molecule has 10 heteroatoms. The maximum atomic E-state index is 12.8. The minimum Gasteiger partial charge on any atom is -0.462 e. The number of quaternary nitrogens is 1. The molecule has 0 rings (SSSR count). The molecule has 0 aliphatic rings. The molecule has 0 radical (unpaired) electrons. The smallest absolute Gasteiger partial charge is 0.462 e. The lowest BCUT2D eigenvalue weighted by Crippen LogP contribution is -2.37. The molecule has 76 heavy (non-hydrogen) atoms. The minimum absolute atomic E-state index is 0.0296. The summed E-state index contributed by atoms with van der Waals surface area (Å²) in [5.41, 5.74) is 0. The van der Waals surface area contributed by atoms with Gasteiger partial charge in [-0.3, -0.25) is 18.6 Å². The average Bonchev–Trinajstić information content (AvgIpc) is 3.38. The van der Waals surface area contributed by atoms with Crippen LogP contribution in [0.5, 0.6) is 0 Å². The van der Waals surface area contributed by atoms with Crippen LogP contribution in [0.15, 0.2) is 97.2 Å². The second-order valence-corrected chi connectivity index (χ2v) is 23.2. The van der Waals surface area contributed by atoms with E-state index in [0.29, 0.717) is 17.4 Å². The second kappa shape index (κ2) is 56.6. The molecule has 0 bridgehead atoms. The van der Waals surface area contributed by atoms with Crippen LogP contribution in [0.4, 0.5) is 0 Å². The molecule has 438 valence electrons. The number of ether oxygens (including phenoxy) is 2. The van der Waals surface area contributed by atoms with E-state index in [0.717, 1.165) is 89.9 Å². The predicted octanol–water partition coefficient (Wildman–Crippen LogP) is 19.6. The number of hydrogen-bond acceptors (Lipinski definition) is 7. The monoisotopic (exact) mass is 1080 g/mol. The van der Waals surface area contributed by atoms with Crippen LogP contribution in [0.2, 0.25) is 0 Å². The number of phosphoric acid groups is 1. The third-order valence-electron chi connectivity index (χ3n) is 13.1. The number of phosphoric ester groups is 1. The molecule has 0 saturated carbocycles. The molecule has 0 spiro atoms. The lowest BCUT2D eigenvalue weighted by atomic mass is 10.0. The Kier molecular flexibility index (Phi) is 54.4. The van der Waals surface area contributed by atoms with E-state index in [4.69, 9.17) is 18.5 Å². The van der Waals surface area contributed by atoms with Crippen molar-refractivity contribution in [2.24, 2.45) is 0 Å². The van der Waals surface area contributed by atoms with Crippen molar-refractivity contribution in [3.63, 3.8) is 0 Å². The highest BCUT2D eigenvalue weighted by atomic mass is 31.2. The molecule has 0 aliphatic heterocycles. The summed E-state index contributed by atoms with van der Waals surface area (Å²) in [6.07, 6.45) is 77.7. The van der Waals surface area contributed by atoms with E-state index in [-0.39, 0.29) is 32.0 Å². The Balaban J connectivity index is 4.06. The quantitative estimate of drug-likeness (QED) is 0.0211. The number of likely N-dealkylation sites (N-methyl/N-ethyl adjacent to an activating group) is 1. The van der Waals surface area contributed by atoms with E-state index in [9.17, 15) is 19.0 Å². The van der Waals surface area contributed by atoms with Crippen molar-refractivity contribution in [2.45, 2.75) is 264 Å². The van der Waals surface area contributed by atoms with Gasteiger partial charge in [0.15, 0.2) is 6.10 Å². The third-order valence-corrected chi connectivity index (χ3v) is 14.1. The number of hydrogen-bond donors (Lipinski definition) is 1. The largest absolute Gasteiger partial charge is 0.472 e. The Bertz CT molecular complexity index is 1600. The van der Waals surface area contributed by atoms with Crippen molar-refractivity contribution < 1.29 is 42.1 Å². The van der Waals surface area contributed by atoms with Gasteiger partial charge in [0.1, 0.15) is 19.8 Å². The summed E-state index contributed by atoms with van der Waals surface area (Å²) in [6, 6.07) is 0. The van der Waals surface area contributed by atoms with Crippen LogP contribution in [-0.4, -0.2) is 74.9 Å². The Hall–Kier alpha value is -3.07. The first-order valence-electron chi connectivity index (χ1n) is 31.0. The zero-order valence-electron chi connectivity index (χ0n) is 49.7. The Morgan fingerprint density at radius 3 is 1.12 bits per heavy atom. The summed E-state index contributed by atoms with van der Waals surface area (Å²) in [6.45, 7) is 4.33. The predicted molar refractivity (Wildman–Crippen MR) is 325 cm³/mol. The number of carbonyl (C=O) groups excluding carboxylic acids is 2. The van der Waals surface area contributed by atoms with Gasteiger partial charge in [-0.1, -0.05) is 265 Å². The number of esters is 2. The molecule has 0 amide bonds. The van der Waals surface area contributed by atoms with Gasteiger partial charge < -0.3 is 18.9 Å². The highest BCUT2D eigenvalue weighted by Crippen LogP contribution is 2.43. The summed E-state index contributed by atoms with van der Waals surface area (Å²) in [4.78, 5) is 35.7. The van der Waals surface area contributed by atoms with Crippen LogP contribution in [0.1, 0.15) is 258 Å². The van der Waals surface area contributed by atoms with Crippen LogP contribution in [0.3, 0.4) is 0 Å². The van der Waals surface area contributed by atoms with Gasteiger partial charge in [0.05, 0.1) is 27.7 Å². The second-order valence-electron chi connectivity index (χ2n) is 21.7. The maximum Gasteiger partial charge on any atom is 0.472 e. The van der Waals surface area contributed by atoms with Crippen molar-refractivity contribution in [3.05, 3.63) is 97.2 Å². The lowest BCUT2D eigenvalue weighted by molar-refractivity contribution is -0.870. The molecule has 2 atom stereocenters. The molecule has 0 aromatic heterocycles. The number of allylic oxidation sites excluding steroid dienone is 16. The van der Waals surface area contributed by atoms with Crippen LogP contribution >= 0.6 is 7.82 Å². The van der Waals surface area contributed by atoms with Gasteiger partial charge >= 0.3 is 19.8 Å².